The predicted octanol–water partition coefficient (Wildman–Crippen LogP) is 3.23. The third kappa shape index (κ3) is 5.91. The van der Waals surface area contributed by atoms with Crippen molar-refractivity contribution in [2.24, 2.45) is 12.0 Å². The van der Waals surface area contributed by atoms with Crippen molar-refractivity contribution in [3.63, 3.8) is 0 Å². The molecule has 9 heteroatoms. The van der Waals surface area contributed by atoms with Crippen LogP contribution in [0.5, 0.6) is 0 Å². The Hall–Kier alpha value is -1.78. The molecule has 0 aliphatic heterocycles. The minimum Gasteiger partial charge on any atom is -0.352 e. The Labute approximate surface area is 161 Å². The highest BCUT2D eigenvalue weighted by molar-refractivity contribution is 14.0. The van der Waals surface area contributed by atoms with E-state index in [9.17, 15) is 13.2 Å². The summed E-state index contributed by atoms with van der Waals surface area (Å²) in [5, 5.41) is 9.46. The quantitative estimate of drug-likeness (QED) is 0.413. The summed E-state index contributed by atoms with van der Waals surface area (Å²) in [6.45, 7) is 2.51. The Balaban J connectivity index is 0.00000312. The number of halogens is 4. The zero-order chi connectivity index (χ0) is 17.7. The summed E-state index contributed by atoms with van der Waals surface area (Å²) in [5.74, 6) is 0.426. The number of aryl methyl sites for hydroxylation is 2. The van der Waals surface area contributed by atoms with Crippen molar-refractivity contribution in [3.8, 4) is 0 Å². The summed E-state index contributed by atoms with van der Waals surface area (Å²) in [6.07, 6.45) is -3.12. The SMILES string of the molecule is CN=C(NCc1ccccc1C)NCc1cn(C)nc1C(F)(F)F.I. The number of rotatable bonds is 4. The first-order chi connectivity index (χ1) is 11.3. The molecule has 0 saturated carbocycles. The van der Waals surface area contributed by atoms with Gasteiger partial charge in [-0.05, 0) is 18.1 Å². The fraction of sp³-hybridized carbons (Fsp3) is 0.375. The average molecular weight is 467 g/mol. The first-order valence-corrected chi connectivity index (χ1v) is 7.40. The maximum absolute atomic E-state index is 12.9. The van der Waals surface area contributed by atoms with Gasteiger partial charge in [0.25, 0.3) is 0 Å². The van der Waals surface area contributed by atoms with E-state index in [0.29, 0.717) is 12.5 Å². The number of aromatic nitrogens is 2. The van der Waals surface area contributed by atoms with Gasteiger partial charge in [-0.15, -0.1) is 24.0 Å². The number of hydrogen-bond donors (Lipinski definition) is 2. The maximum Gasteiger partial charge on any atom is 0.435 e. The predicted molar refractivity (Wildman–Crippen MR) is 102 cm³/mol. The second-order valence-electron chi connectivity index (χ2n) is 5.38. The van der Waals surface area contributed by atoms with E-state index in [0.717, 1.165) is 15.8 Å². The van der Waals surface area contributed by atoms with Gasteiger partial charge in [-0.2, -0.15) is 18.3 Å². The molecule has 5 nitrogen and oxygen atoms in total. The molecule has 2 aromatic rings. The molecule has 0 saturated heterocycles. The Morgan fingerprint density at radius 2 is 1.76 bits per heavy atom. The molecule has 0 unspecified atom stereocenters. The molecule has 0 aliphatic rings. The summed E-state index contributed by atoms with van der Waals surface area (Å²) < 4.78 is 40.0. The normalized spacial score (nSPS) is 11.8. The topological polar surface area (TPSA) is 54.2 Å². The molecule has 0 radical (unpaired) electrons. The molecule has 138 valence electrons. The van der Waals surface area contributed by atoms with Gasteiger partial charge in [0, 0.05) is 38.9 Å². The molecular formula is C16H21F3IN5. The van der Waals surface area contributed by atoms with Gasteiger partial charge in [0.05, 0.1) is 0 Å². The van der Waals surface area contributed by atoms with Crippen LogP contribution in [0, 0.1) is 6.92 Å². The van der Waals surface area contributed by atoms with E-state index in [1.807, 2.05) is 31.2 Å². The number of alkyl halides is 3. The van der Waals surface area contributed by atoms with Crippen molar-refractivity contribution in [1.82, 2.24) is 20.4 Å². The smallest absolute Gasteiger partial charge is 0.352 e. The first kappa shape index (κ1) is 21.3. The highest BCUT2D eigenvalue weighted by atomic mass is 127. The summed E-state index contributed by atoms with van der Waals surface area (Å²) >= 11 is 0. The van der Waals surface area contributed by atoms with Crippen molar-refractivity contribution in [2.75, 3.05) is 7.05 Å². The molecule has 1 aromatic carbocycles. The van der Waals surface area contributed by atoms with Crippen molar-refractivity contribution < 1.29 is 13.2 Å². The van der Waals surface area contributed by atoms with Crippen molar-refractivity contribution in [2.45, 2.75) is 26.2 Å². The molecule has 1 heterocycles. The molecule has 0 bridgehead atoms. The van der Waals surface area contributed by atoms with Crippen molar-refractivity contribution >= 4 is 29.9 Å². The molecular weight excluding hydrogens is 446 g/mol. The summed E-state index contributed by atoms with van der Waals surface area (Å²) in [5.41, 5.74) is 1.42. The van der Waals surface area contributed by atoms with Crippen LogP contribution in [-0.2, 0) is 26.3 Å². The fourth-order valence-electron chi connectivity index (χ4n) is 2.29. The molecule has 1 aromatic heterocycles. The summed E-state index contributed by atoms with van der Waals surface area (Å²) in [4.78, 5) is 4.03. The van der Waals surface area contributed by atoms with E-state index in [2.05, 4.69) is 20.7 Å². The van der Waals surface area contributed by atoms with E-state index >= 15 is 0 Å². The van der Waals surface area contributed by atoms with Crippen molar-refractivity contribution in [1.29, 1.82) is 0 Å². The van der Waals surface area contributed by atoms with E-state index < -0.39 is 11.9 Å². The maximum atomic E-state index is 12.9. The lowest BCUT2D eigenvalue weighted by atomic mass is 10.1. The Morgan fingerprint density at radius 3 is 2.32 bits per heavy atom. The Kier molecular flexibility index (Phi) is 7.71. The molecule has 2 N–H and O–H groups in total. The lowest BCUT2D eigenvalue weighted by molar-refractivity contribution is -0.142. The Morgan fingerprint density at radius 1 is 1.16 bits per heavy atom. The minimum atomic E-state index is -4.48. The third-order valence-corrected chi connectivity index (χ3v) is 3.55. The van der Waals surface area contributed by atoms with Crippen molar-refractivity contribution in [3.05, 3.63) is 52.8 Å². The van der Waals surface area contributed by atoms with E-state index in [1.54, 1.807) is 7.05 Å². The number of nitrogens with one attached hydrogen (secondary N) is 2. The highest BCUT2D eigenvalue weighted by Crippen LogP contribution is 2.30. The first-order valence-electron chi connectivity index (χ1n) is 7.40. The molecule has 0 fully saturated rings. The lowest BCUT2D eigenvalue weighted by Crippen LogP contribution is -2.36. The molecule has 0 aliphatic carbocycles. The second kappa shape index (κ2) is 9.07. The van der Waals surface area contributed by atoms with Gasteiger partial charge >= 0.3 is 6.18 Å². The average Bonchev–Trinajstić information content (AvgIpc) is 2.90. The van der Waals surface area contributed by atoms with Crippen LogP contribution in [-0.4, -0.2) is 22.8 Å². The van der Waals surface area contributed by atoms with E-state index in [4.69, 9.17) is 0 Å². The second-order valence-corrected chi connectivity index (χ2v) is 5.38. The van der Waals surface area contributed by atoms with Gasteiger partial charge in [-0.1, -0.05) is 24.3 Å². The van der Waals surface area contributed by atoms with Gasteiger partial charge in [-0.25, -0.2) is 0 Å². The van der Waals surface area contributed by atoms with Crippen LogP contribution in [0.2, 0.25) is 0 Å². The van der Waals surface area contributed by atoms with Gasteiger partial charge in [0.2, 0.25) is 0 Å². The van der Waals surface area contributed by atoms with E-state index in [-0.39, 0.29) is 36.1 Å². The monoisotopic (exact) mass is 467 g/mol. The van der Waals surface area contributed by atoms with E-state index in [1.165, 1.54) is 13.2 Å². The zero-order valence-corrected chi connectivity index (χ0v) is 16.5. The molecule has 0 spiro atoms. The van der Waals surface area contributed by atoms with Crippen LogP contribution in [0.15, 0.2) is 35.5 Å². The van der Waals surface area contributed by atoms with Crippen LogP contribution in [0.3, 0.4) is 0 Å². The largest absolute Gasteiger partial charge is 0.435 e. The van der Waals surface area contributed by atoms with Gasteiger partial charge < -0.3 is 10.6 Å². The van der Waals surface area contributed by atoms with Gasteiger partial charge in [0.15, 0.2) is 11.7 Å². The number of guanidine groups is 1. The zero-order valence-electron chi connectivity index (χ0n) is 14.2. The lowest BCUT2D eigenvalue weighted by Gasteiger charge is -2.13. The molecule has 2 rings (SSSR count). The minimum absolute atomic E-state index is 0. The number of nitrogens with zero attached hydrogens (tertiary/aromatic N) is 3. The fourth-order valence-corrected chi connectivity index (χ4v) is 2.29. The summed E-state index contributed by atoms with van der Waals surface area (Å²) in [6, 6.07) is 7.87. The van der Waals surface area contributed by atoms with Gasteiger partial charge in [0.1, 0.15) is 0 Å². The Bertz CT molecular complexity index is 725. The third-order valence-electron chi connectivity index (χ3n) is 3.55. The van der Waals surface area contributed by atoms with Crippen LogP contribution in [0.25, 0.3) is 0 Å². The van der Waals surface area contributed by atoms with Gasteiger partial charge in [-0.3, -0.25) is 9.67 Å². The molecule has 0 atom stereocenters. The van der Waals surface area contributed by atoms with Crippen LogP contribution >= 0.6 is 24.0 Å². The van der Waals surface area contributed by atoms with Crippen LogP contribution < -0.4 is 10.6 Å². The number of hydrogen-bond acceptors (Lipinski definition) is 2. The standard InChI is InChI=1S/C16H20F3N5.HI/c1-11-6-4-5-7-12(11)8-21-15(20-2)22-9-13-10-24(3)23-14(13)16(17,18)19;/h4-7,10H,8-9H2,1-3H3,(H2,20,21,22);1H. The van der Waals surface area contributed by atoms with Crippen LogP contribution in [0.4, 0.5) is 13.2 Å². The molecule has 0 amide bonds. The number of aliphatic imine (C=N–C) groups is 1. The number of benzene rings is 1. The summed E-state index contributed by atoms with van der Waals surface area (Å²) in [7, 11) is 3.03. The molecule has 25 heavy (non-hydrogen) atoms. The van der Waals surface area contributed by atoms with Crippen LogP contribution in [0.1, 0.15) is 22.4 Å². The highest BCUT2D eigenvalue weighted by Gasteiger charge is 2.36.